The number of morpholine rings is 1. The minimum Gasteiger partial charge on any atom is -0.478 e. The Labute approximate surface area is 124 Å². The van der Waals surface area contributed by atoms with Crippen molar-refractivity contribution in [2.24, 2.45) is 0 Å². The van der Waals surface area contributed by atoms with Crippen LogP contribution in [-0.2, 0) is 4.74 Å². The molecule has 0 radical (unpaired) electrons. The van der Waals surface area contributed by atoms with E-state index in [0.717, 1.165) is 30.3 Å². The fourth-order valence-electron chi connectivity index (χ4n) is 2.22. The van der Waals surface area contributed by atoms with Crippen LogP contribution in [0.15, 0.2) is 29.2 Å². The number of carboxylic acid groups (broad SMARTS) is 1. The van der Waals surface area contributed by atoms with Crippen molar-refractivity contribution in [3.63, 3.8) is 0 Å². The summed E-state index contributed by atoms with van der Waals surface area (Å²) in [6.45, 7) is 7.12. The summed E-state index contributed by atoms with van der Waals surface area (Å²) in [4.78, 5) is 14.3. The smallest absolute Gasteiger partial charge is 0.335 e. The number of thioether (sulfide) groups is 1. The second kappa shape index (κ2) is 7.11. The summed E-state index contributed by atoms with van der Waals surface area (Å²) in [6.07, 6.45) is 0.213. The first kappa shape index (κ1) is 15.4. The molecule has 5 heteroatoms. The Morgan fingerprint density at radius 2 is 2.35 bits per heavy atom. The molecule has 0 aromatic heterocycles. The van der Waals surface area contributed by atoms with Gasteiger partial charge in [0.05, 0.1) is 18.3 Å². The Hall–Kier alpha value is -1.04. The third-order valence-electron chi connectivity index (χ3n) is 3.42. The summed E-state index contributed by atoms with van der Waals surface area (Å²) in [5, 5.41) is 8.98. The van der Waals surface area contributed by atoms with Gasteiger partial charge < -0.3 is 9.84 Å². The lowest BCUT2D eigenvalue weighted by Gasteiger charge is -2.35. The summed E-state index contributed by atoms with van der Waals surface area (Å²) >= 11 is 1.66. The third-order valence-corrected chi connectivity index (χ3v) is 4.54. The summed E-state index contributed by atoms with van der Waals surface area (Å²) in [5.74, 6) is -0.0286. The van der Waals surface area contributed by atoms with E-state index in [9.17, 15) is 4.79 Å². The van der Waals surface area contributed by atoms with Crippen molar-refractivity contribution in [3.05, 3.63) is 29.8 Å². The molecule has 0 saturated carbocycles. The Morgan fingerprint density at radius 3 is 3.05 bits per heavy atom. The van der Waals surface area contributed by atoms with Crippen LogP contribution in [0.4, 0.5) is 0 Å². The van der Waals surface area contributed by atoms with Gasteiger partial charge in [0.1, 0.15) is 0 Å². The SMILES string of the molecule is CC(C)N1CCOC(CSc2cccc(C(=O)O)c2)C1. The Kier molecular flexibility index (Phi) is 5.46. The molecule has 1 aromatic rings. The van der Waals surface area contributed by atoms with Crippen LogP contribution < -0.4 is 0 Å². The van der Waals surface area contributed by atoms with Crippen LogP contribution in [0.5, 0.6) is 0 Å². The van der Waals surface area contributed by atoms with Gasteiger partial charge in [-0.25, -0.2) is 4.79 Å². The fraction of sp³-hybridized carbons (Fsp3) is 0.533. The van der Waals surface area contributed by atoms with Crippen molar-refractivity contribution in [1.29, 1.82) is 0 Å². The van der Waals surface area contributed by atoms with Gasteiger partial charge >= 0.3 is 5.97 Å². The Bertz CT molecular complexity index is 464. The minimum absolute atomic E-state index is 0.213. The molecule has 1 aromatic carbocycles. The monoisotopic (exact) mass is 295 g/mol. The molecule has 0 amide bonds. The Morgan fingerprint density at radius 1 is 1.55 bits per heavy atom. The Balaban J connectivity index is 1.88. The van der Waals surface area contributed by atoms with Gasteiger partial charge in [-0.1, -0.05) is 6.07 Å². The average Bonchev–Trinajstić information content (AvgIpc) is 2.45. The predicted molar refractivity (Wildman–Crippen MR) is 80.6 cm³/mol. The van der Waals surface area contributed by atoms with Crippen molar-refractivity contribution in [3.8, 4) is 0 Å². The van der Waals surface area contributed by atoms with Gasteiger partial charge in [0.15, 0.2) is 0 Å². The van der Waals surface area contributed by atoms with Crippen molar-refractivity contribution in [2.45, 2.75) is 30.9 Å². The molecule has 1 aliphatic heterocycles. The number of hydrogen-bond acceptors (Lipinski definition) is 4. The van der Waals surface area contributed by atoms with Crippen molar-refractivity contribution in [1.82, 2.24) is 4.90 Å². The van der Waals surface area contributed by atoms with E-state index in [1.807, 2.05) is 6.07 Å². The fourth-order valence-corrected chi connectivity index (χ4v) is 3.19. The number of ether oxygens (including phenoxy) is 1. The number of aromatic carboxylic acids is 1. The normalized spacial score (nSPS) is 20.2. The molecule has 1 aliphatic rings. The number of hydrogen-bond donors (Lipinski definition) is 1. The molecule has 1 N–H and O–H groups in total. The lowest BCUT2D eigenvalue weighted by Crippen LogP contribution is -2.46. The molecular weight excluding hydrogens is 274 g/mol. The van der Waals surface area contributed by atoms with Crippen molar-refractivity contribution in [2.75, 3.05) is 25.4 Å². The maximum absolute atomic E-state index is 10.9. The lowest BCUT2D eigenvalue weighted by atomic mass is 10.2. The summed E-state index contributed by atoms with van der Waals surface area (Å²) in [7, 11) is 0. The van der Waals surface area contributed by atoms with E-state index >= 15 is 0 Å². The number of nitrogens with zero attached hydrogens (tertiary/aromatic N) is 1. The molecule has 0 bridgehead atoms. The first-order valence-corrected chi connectivity index (χ1v) is 7.86. The quantitative estimate of drug-likeness (QED) is 0.846. The molecule has 4 nitrogen and oxygen atoms in total. The van der Waals surface area contributed by atoms with E-state index in [1.54, 1.807) is 30.0 Å². The maximum atomic E-state index is 10.9. The van der Waals surface area contributed by atoms with Gasteiger partial charge in [-0.2, -0.15) is 0 Å². The average molecular weight is 295 g/mol. The van der Waals surface area contributed by atoms with Crippen LogP contribution in [0.2, 0.25) is 0 Å². The van der Waals surface area contributed by atoms with E-state index in [-0.39, 0.29) is 6.10 Å². The maximum Gasteiger partial charge on any atom is 0.335 e. The molecule has 2 rings (SSSR count). The molecule has 1 unspecified atom stereocenters. The van der Waals surface area contributed by atoms with E-state index < -0.39 is 5.97 Å². The summed E-state index contributed by atoms with van der Waals surface area (Å²) < 4.78 is 5.78. The van der Waals surface area contributed by atoms with Crippen LogP contribution >= 0.6 is 11.8 Å². The number of rotatable bonds is 5. The van der Waals surface area contributed by atoms with Crippen LogP contribution in [-0.4, -0.2) is 53.6 Å². The number of carboxylic acids is 1. The highest BCUT2D eigenvalue weighted by atomic mass is 32.2. The molecule has 0 aliphatic carbocycles. The molecule has 0 spiro atoms. The highest BCUT2D eigenvalue weighted by Crippen LogP contribution is 2.22. The lowest BCUT2D eigenvalue weighted by molar-refractivity contribution is -0.0265. The van der Waals surface area contributed by atoms with Crippen LogP contribution in [0.1, 0.15) is 24.2 Å². The number of carbonyl (C=O) groups is 1. The first-order chi connectivity index (χ1) is 9.56. The highest BCUT2D eigenvalue weighted by molar-refractivity contribution is 7.99. The standard InChI is InChI=1S/C15H21NO3S/c1-11(2)16-6-7-19-13(9-16)10-20-14-5-3-4-12(8-14)15(17)18/h3-5,8,11,13H,6-7,9-10H2,1-2H3,(H,17,18). The largest absolute Gasteiger partial charge is 0.478 e. The van der Waals surface area contributed by atoms with Gasteiger partial charge in [-0.05, 0) is 32.0 Å². The van der Waals surface area contributed by atoms with Gasteiger partial charge in [0.25, 0.3) is 0 Å². The van der Waals surface area contributed by atoms with Crippen molar-refractivity contribution >= 4 is 17.7 Å². The van der Waals surface area contributed by atoms with Gasteiger partial charge in [0.2, 0.25) is 0 Å². The zero-order valence-electron chi connectivity index (χ0n) is 11.9. The molecular formula is C15H21NO3S. The first-order valence-electron chi connectivity index (χ1n) is 6.88. The van der Waals surface area contributed by atoms with E-state index in [2.05, 4.69) is 18.7 Å². The molecule has 20 heavy (non-hydrogen) atoms. The second-order valence-electron chi connectivity index (χ2n) is 5.23. The predicted octanol–water partition coefficient (Wildman–Crippen LogP) is 2.59. The number of benzene rings is 1. The van der Waals surface area contributed by atoms with Crippen LogP contribution in [0.3, 0.4) is 0 Å². The summed E-state index contributed by atoms with van der Waals surface area (Å²) in [5.41, 5.74) is 0.336. The minimum atomic E-state index is -0.882. The zero-order chi connectivity index (χ0) is 14.5. The van der Waals surface area contributed by atoms with Gasteiger partial charge in [-0.3, -0.25) is 4.90 Å². The molecule has 1 saturated heterocycles. The van der Waals surface area contributed by atoms with Crippen molar-refractivity contribution < 1.29 is 14.6 Å². The molecule has 1 fully saturated rings. The topological polar surface area (TPSA) is 49.8 Å². The summed E-state index contributed by atoms with van der Waals surface area (Å²) in [6, 6.07) is 7.61. The van der Waals surface area contributed by atoms with E-state index in [1.165, 1.54) is 0 Å². The second-order valence-corrected chi connectivity index (χ2v) is 6.32. The molecule has 110 valence electrons. The zero-order valence-corrected chi connectivity index (χ0v) is 12.7. The van der Waals surface area contributed by atoms with Crippen LogP contribution in [0.25, 0.3) is 0 Å². The molecule has 1 atom stereocenters. The highest BCUT2D eigenvalue weighted by Gasteiger charge is 2.22. The van der Waals surface area contributed by atoms with Crippen LogP contribution in [0, 0.1) is 0 Å². The third kappa shape index (κ3) is 4.23. The molecule has 1 heterocycles. The van der Waals surface area contributed by atoms with Gasteiger partial charge in [0, 0.05) is 29.8 Å². The van der Waals surface area contributed by atoms with E-state index in [4.69, 9.17) is 9.84 Å². The van der Waals surface area contributed by atoms with Gasteiger partial charge in [-0.15, -0.1) is 11.8 Å². The van der Waals surface area contributed by atoms with E-state index in [0.29, 0.717) is 11.6 Å².